The molecule has 3 aromatic rings. The Kier molecular flexibility index (Phi) is 7.76. The summed E-state index contributed by atoms with van der Waals surface area (Å²) < 4.78 is 33.5. The predicted octanol–water partition coefficient (Wildman–Crippen LogP) is 4.74. The summed E-state index contributed by atoms with van der Waals surface area (Å²) in [6, 6.07) is 22.4. The first-order valence-electron chi connectivity index (χ1n) is 11.8. The van der Waals surface area contributed by atoms with Crippen molar-refractivity contribution < 1.29 is 28.2 Å². The molecule has 7 nitrogen and oxygen atoms in total. The molecule has 3 N–H and O–H groups in total. The summed E-state index contributed by atoms with van der Waals surface area (Å²) in [6.07, 6.45) is 4.72. The van der Waals surface area contributed by atoms with Gasteiger partial charge in [0.25, 0.3) is 10.0 Å². The number of ether oxygens (including phenoxy) is 1. The highest BCUT2D eigenvalue weighted by Gasteiger charge is 2.50. The van der Waals surface area contributed by atoms with Crippen LogP contribution in [0.2, 0.25) is 0 Å². The second kappa shape index (κ2) is 11.0. The van der Waals surface area contributed by atoms with Gasteiger partial charge in [-0.2, -0.15) is 0 Å². The molecule has 1 saturated carbocycles. The largest absolute Gasteiger partial charge is 0.493 e. The number of para-hydroxylation sites is 1. The van der Waals surface area contributed by atoms with Crippen molar-refractivity contribution in [2.45, 2.75) is 36.7 Å². The molecule has 1 aliphatic carbocycles. The Bertz CT molecular complexity index is 1330. The van der Waals surface area contributed by atoms with Crippen LogP contribution >= 0.6 is 0 Å². The first-order chi connectivity index (χ1) is 17.3. The lowest BCUT2D eigenvalue weighted by Crippen LogP contribution is -2.18. The fourth-order valence-corrected chi connectivity index (χ4v) is 4.97. The fourth-order valence-electron chi connectivity index (χ4n) is 3.90. The molecule has 0 aliphatic heterocycles. The molecule has 0 unspecified atom stereocenters. The van der Waals surface area contributed by atoms with Gasteiger partial charge in [-0.25, -0.2) is 8.42 Å². The summed E-state index contributed by atoms with van der Waals surface area (Å²) in [5.41, 5.74) is 1.34. The quantitative estimate of drug-likeness (QED) is 0.326. The molecule has 0 saturated heterocycles. The monoisotopic (exact) mass is 507 g/mol. The summed E-state index contributed by atoms with van der Waals surface area (Å²) >= 11 is 0. The van der Waals surface area contributed by atoms with E-state index in [-0.39, 0.29) is 11.5 Å². The molecular formula is C28H29NO6S. The van der Waals surface area contributed by atoms with Crippen molar-refractivity contribution in [3.63, 3.8) is 0 Å². The van der Waals surface area contributed by atoms with Crippen LogP contribution in [0.25, 0.3) is 6.08 Å². The maximum absolute atomic E-state index is 12.5. The van der Waals surface area contributed by atoms with Crippen LogP contribution in [-0.2, 0) is 21.2 Å². The van der Waals surface area contributed by atoms with E-state index in [9.17, 15) is 23.4 Å². The number of benzene rings is 3. The van der Waals surface area contributed by atoms with Crippen molar-refractivity contribution >= 4 is 27.8 Å². The number of anilines is 1. The highest BCUT2D eigenvalue weighted by molar-refractivity contribution is 7.92. The maximum atomic E-state index is 12.5. The Labute approximate surface area is 211 Å². The van der Waals surface area contributed by atoms with Crippen molar-refractivity contribution in [3.05, 3.63) is 96.1 Å². The first-order valence-corrected chi connectivity index (χ1v) is 13.2. The second-order valence-electron chi connectivity index (χ2n) is 8.98. The molecule has 0 spiro atoms. The lowest BCUT2D eigenvalue weighted by atomic mass is 9.96. The summed E-state index contributed by atoms with van der Waals surface area (Å²) in [6.45, 7) is 0.263. The lowest BCUT2D eigenvalue weighted by Gasteiger charge is -2.15. The van der Waals surface area contributed by atoms with Gasteiger partial charge in [0.15, 0.2) is 0 Å². The standard InChI is InChI=1S/C28H29NO6S/c30-24(15-18-35-26-12-5-4-8-22(26)20-28(16-17-28)27(31)32)14-13-21-7-6-9-23(19-21)29-36(33,34)25-10-2-1-3-11-25/h1-14,19,24,29-30H,15-18,20H2,(H,31,32)/b14-13+/t24-/m0/s1. The molecule has 188 valence electrons. The number of carbonyl (C=O) groups is 1. The number of carboxylic acid groups (broad SMARTS) is 1. The molecule has 0 aromatic heterocycles. The molecule has 1 aliphatic rings. The average Bonchev–Trinajstić information content (AvgIpc) is 3.65. The molecule has 4 rings (SSSR count). The van der Waals surface area contributed by atoms with Crippen molar-refractivity contribution in [1.82, 2.24) is 0 Å². The number of rotatable bonds is 12. The maximum Gasteiger partial charge on any atom is 0.309 e. The Morgan fingerprint density at radius 2 is 1.75 bits per heavy atom. The number of aliphatic hydroxyl groups excluding tert-OH is 1. The highest BCUT2D eigenvalue weighted by Crippen LogP contribution is 2.49. The Balaban J connectivity index is 1.31. The van der Waals surface area contributed by atoms with E-state index in [4.69, 9.17) is 4.74 Å². The van der Waals surface area contributed by atoms with Gasteiger partial charge < -0.3 is 14.9 Å². The van der Waals surface area contributed by atoms with E-state index in [1.165, 1.54) is 12.1 Å². The van der Waals surface area contributed by atoms with Crippen LogP contribution in [0.15, 0.2) is 89.8 Å². The molecule has 0 bridgehead atoms. The van der Waals surface area contributed by atoms with Crippen molar-refractivity contribution in [2.75, 3.05) is 11.3 Å². The first kappa shape index (κ1) is 25.5. The SMILES string of the molecule is O=C(O)C1(Cc2ccccc2OCC[C@@H](O)/C=C/c2cccc(NS(=O)(=O)c3ccccc3)c2)CC1. The third-order valence-electron chi connectivity index (χ3n) is 6.18. The normalized spacial score (nSPS) is 15.4. The highest BCUT2D eigenvalue weighted by atomic mass is 32.2. The zero-order chi connectivity index (χ0) is 25.6. The van der Waals surface area contributed by atoms with E-state index in [1.807, 2.05) is 30.3 Å². The average molecular weight is 508 g/mol. The number of aliphatic hydroxyl groups is 1. The number of hydrogen-bond donors (Lipinski definition) is 3. The van der Waals surface area contributed by atoms with Crippen LogP contribution in [0.1, 0.15) is 30.4 Å². The van der Waals surface area contributed by atoms with Gasteiger partial charge in [-0.1, -0.05) is 60.7 Å². The zero-order valence-corrected chi connectivity index (χ0v) is 20.5. The summed E-state index contributed by atoms with van der Waals surface area (Å²) in [7, 11) is -3.69. The third-order valence-corrected chi connectivity index (χ3v) is 7.58. The zero-order valence-electron chi connectivity index (χ0n) is 19.7. The van der Waals surface area contributed by atoms with Crippen LogP contribution in [-0.4, -0.2) is 37.3 Å². The number of nitrogens with one attached hydrogen (secondary N) is 1. The van der Waals surface area contributed by atoms with Crippen LogP contribution in [0.3, 0.4) is 0 Å². The van der Waals surface area contributed by atoms with Gasteiger partial charge in [0.2, 0.25) is 0 Å². The fraction of sp³-hybridized carbons (Fsp3) is 0.250. The van der Waals surface area contributed by atoms with Gasteiger partial charge in [-0.15, -0.1) is 0 Å². The molecule has 8 heteroatoms. The van der Waals surface area contributed by atoms with Crippen LogP contribution in [0.5, 0.6) is 5.75 Å². The van der Waals surface area contributed by atoms with E-state index in [1.54, 1.807) is 48.6 Å². The van der Waals surface area contributed by atoms with E-state index in [0.29, 0.717) is 37.1 Å². The Morgan fingerprint density at radius 1 is 1.03 bits per heavy atom. The molecule has 0 amide bonds. The van der Waals surface area contributed by atoms with Crippen LogP contribution in [0.4, 0.5) is 5.69 Å². The van der Waals surface area contributed by atoms with Crippen molar-refractivity contribution in [1.29, 1.82) is 0 Å². The van der Waals surface area contributed by atoms with Gasteiger partial charge in [0.1, 0.15) is 5.75 Å². The minimum atomic E-state index is -3.69. The minimum absolute atomic E-state index is 0.179. The molecule has 0 heterocycles. The van der Waals surface area contributed by atoms with Gasteiger partial charge in [0.05, 0.1) is 23.0 Å². The molecule has 3 aromatic carbocycles. The molecular weight excluding hydrogens is 478 g/mol. The van der Waals surface area contributed by atoms with Gasteiger partial charge in [-0.05, 0) is 60.7 Å². The summed E-state index contributed by atoms with van der Waals surface area (Å²) in [5.74, 6) is -0.130. The Morgan fingerprint density at radius 3 is 2.47 bits per heavy atom. The molecule has 1 atom stereocenters. The van der Waals surface area contributed by atoms with Gasteiger partial charge >= 0.3 is 5.97 Å². The summed E-state index contributed by atoms with van der Waals surface area (Å²) in [5, 5.41) is 19.8. The van der Waals surface area contributed by atoms with Crippen LogP contribution in [0, 0.1) is 5.41 Å². The number of sulfonamides is 1. The number of aliphatic carboxylic acids is 1. The van der Waals surface area contributed by atoms with E-state index >= 15 is 0 Å². The topological polar surface area (TPSA) is 113 Å². The predicted molar refractivity (Wildman–Crippen MR) is 138 cm³/mol. The van der Waals surface area contributed by atoms with E-state index in [0.717, 1.165) is 11.1 Å². The molecule has 0 radical (unpaired) electrons. The smallest absolute Gasteiger partial charge is 0.309 e. The minimum Gasteiger partial charge on any atom is -0.493 e. The van der Waals surface area contributed by atoms with Crippen molar-refractivity contribution in [3.8, 4) is 5.75 Å². The Hall–Kier alpha value is -3.62. The third kappa shape index (κ3) is 6.53. The lowest BCUT2D eigenvalue weighted by molar-refractivity contribution is -0.143. The van der Waals surface area contributed by atoms with Gasteiger partial charge in [0, 0.05) is 12.1 Å². The molecule has 1 fully saturated rings. The van der Waals surface area contributed by atoms with Crippen LogP contribution < -0.4 is 9.46 Å². The summed E-state index contributed by atoms with van der Waals surface area (Å²) in [4.78, 5) is 11.7. The van der Waals surface area contributed by atoms with E-state index < -0.39 is 27.5 Å². The number of hydrogen-bond acceptors (Lipinski definition) is 5. The van der Waals surface area contributed by atoms with E-state index in [2.05, 4.69) is 4.72 Å². The molecule has 36 heavy (non-hydrogen) atoms. The van der Waals surface area contributed by atoms with Gasteiger partial charge in [-0.3, -0.25) is 9.52 Å². The second-order valence-corrected chi connectivity index (χ2v) is 10.7. The number of carboxylic acids is 1. The van der Waals surface area contributed by atoms with Crippen molar-refractivity contribution in [2.24, 2.45) is 5.41 Å².